The quantitative estimate of drug-likeness (QED) is 0.566. The van der Waals surface area contributed by atoms with Crippen molar-refractivity contribution in [1.29, 1.82) is 0 Å². The van der Waals surface area contributed by atoms with Crippen LogP contribution in [0.1, 0.15) is 73.1 Å². The highest BCUT2D eigenvalue weighted by molar-refractivity contribution is 4.69. The van der Waals surface area contributed by atoms with Crippen LogP contribution in [0.5, 0.6) is 0 Å². The van der Waals surface area contributed by atoms with E-state index in [2.05, 4.69) is 44.4 Å². The molecule has 1 fully saturated rings. The van der Waals surface area contributed by atoms with Crippen molar-refractivity contribution in [3.8, 4) is 0 Å². The first-order valence-electron chi connectivity index (χ1n) is 9.92. The Morgan fingerprint density at radius 2 is 1.55 bits per heavy atom. The van der Waals surface area contributed by atoms with Crippen molar-refractivity contribution in [2.24, 2.45) is 17.8 Å². The van der Waals surface area contributed by atoms with E-state index in [0.29, 0.717) is 0 Å². The summed E-state index contributed by atoms with van der Waals surface area (Å²) in [7, 11) is 0. The summed E-state index contributed by atoms with van der Waals surface area (Å²) in [5.41, 5.74) is 0. The largest absolute Gasteiger partial charge is 0.303 e. The zero-order valence-corrected chi connectivity index (χ0v) is 16.1. The van der Waals surface area contributed by atoms with E-state index in [1.807, 2.05) is 0 Å². The normalized spacial score (nSPS) is 21.0. The van der Waals surface area contributed by atoms with Gasteiger partial charge in [-0.25, -0.2) is 0 Å². The third-order valence-electron chi connectivity index (χ3n) is 5.10. The number of hydrogen-bond donors (Lipinski definition) is 0. The summed E-state index contributed by atoms with van der Waals surface area (Å²) in [5.74, 6) is 2.60. The Balaban J connectivity index is 2.25. The lowest BCUT2D eigenvalue weighted by atomic mass is 10.0. The van der Waals surface area contributed by atoms with Gasteiger partial charge in [-0.2, -0.15) is 0 Å². The summed E-state index contributed by atoms with van der Waals surface area (Å²) in [6, 6.07) is 0. The second-order valence-corrected chi connectivity index (χ2v) is 8.44. The van der Waals surface area contributed by atoms with Gasteiger partial charge in [-0.15, -0.1) is 0 Å². The topological polar surface area (TPSA) is 6.48 Å². The van der Waals surface area contributed by atoms with Crippen LogP contribution < -0.4 is 0 Å². The second kappa shape index (κ2) is 11.5. The summed E-state index contributed by atoms with van der Waals surface area (Å²) in [4.78, 5) is 5.44. The molecule has 1 saturated heterocycles. The summed E-state index contributed by atoms with van der Waals surface area (Å²) in [6.07, 6.45) is 8.30. The Morgan fingerprint density at radius 1 is 0.909 bits per heavy atom. The van der Waals surface area contributed by atoms with Gasteiger partial charge in [0.25, 0.3) is 0 Å². The van der Waals surface area contributed by atoms with Crippen molar-refractivity contribution >= 4 is 0 Å². The fourth-order valence-electron chi connectivity index (χ4n) is 3.28. The molecule has 0 aliphatic carbocycles. The van der Waals surface area contributed by atoms with Crippen LogP contribution in [0.2, 0.25) is 0 Å². The molecule has 2 nitrogen and oxygen atoms in total. The van der Waals surface area contributed by atoms with Crippen LogP contribution in [-0.4, -0.2) is 49.1 Å². The van der Waals surface area contributed by atoms with Gasteiger partial charge >= 0.3 is 0 Å². The van der Waals surface area contributed by atoms with E-state index < -0.39 is 0 Å². The maximum absolute atomic E-state index is 2.72. The van der Waals surface area contributed by atoms with E-state index in [1.165, 1.54) is 77.8 Å². The summed E-state index contributed by atoms with van der Waals surface area (Å²) >= 11 is 0. The monoisotopic (exact) mass is 310 g/mol. The standard InChI is InChI=1S/C20H42N2/c1-18(2)9-15-22(16-10-19(3)4)14-7-13-21-12-6-8-20(5)11-17-21/h18-20H,6-17H2,1-5H3. The van der Waals surface area contributed by atoms with E-state index in [4.69, 9.17) is 0 Å². The van der Waals surface area contributed by atoms with Crippen LogP contribution in [0.25, 0.3) is 0 Å². The molecule has 1 aliphatic heterocycles. The average molecular weight is 311 g/mol. The van der Waals surface area contributed by atoms with Gasteiger partial charge in [0.05, 0.1) is 0 Å². The Labute approximate surface area is 140 Å². The fraction of sp³-hybridized carbons (Fsp3) is 1.00. The molecule has 0 radical (unpaired) electrons. The van der Waals surface area contributed by atoms with Gasteiger partial charge in [0.2, 0.25) is 0 Å². The number of rotatable bonds is 10. The maximum Gasteiger partial charge on any atom is -0.000654 e. The zero-order chi connectivity index (χ0) is 16.4. The molecule has 1 rings (SSSR count). The molecule has 0 spiro atoms. The highest BCUT2D eigenvalue weighted by Gasteiger charge is 2.14. The molecule has 0 aromatic carbocycles. The molecule has 1 atom stereocenters. The minimum absolute atomic E-state index is 0.827. The summed E-state index contributed by atoms with van der Waals surface area (Å²) < 4.78 is 0. The van der Waals surface area contributed by atoms with Gasteiger partial charge in [-0.3, -0.25) is 0 Å². The lowest BCUT2D eigenvalue weighted by Crippen LogP contribution is -2.32. The van der Waals surface area contributed by atoms with E-state index in [0.717, 1.165) is 17.8 Å². The molecule has 0 aromatic heterocycles. The van der Waals surface area contributed by atoms with Gasteiger partial charge in [0.1, 0.15) is 0 Å². The van der Waals surface area contributed by atoms with Crippen molar-refractivity contribution in [2.45, 2.75) is 73.1 Å². The molecule has 22 heavy (non-hydrogen) atoms. The third-order valence-corrected chi connectivity index (χ3v) is 5.10. The number of likely N-dealkylation sites (tertiary alicyclic amines) is 1. The SMILES string of the molecule is CC(C)CCN(CCCN1CCCC(C)CC1)CCC(C)C. The second-order valence-electron chi connectivity index (χ2n) is 8.44. The third kappa shape index (κ3) is 9.84. The molecule has 1 unspecified atom stereocenters. The number of hydrogen-bond acceptors (Lipinski definition) is 2. The Kier molecular flexibility index (Phi) is 10.4. The lowest BCUT2D eigenvalue weighted by Gasteiger charge is -2.26. The maximum atomic E-state index is 2.72. The molecule has 1 heterocycles. The van der Waals surface area contributed by atoms with Gasteiger partial charge in [-0.05, 0) is 95.5 Å². The lowest BCUT2D eigenvalue weighted by molar-refractivity contribution is 0.214. The first kappa shape index (κ1) is 20.0. The Morgan fingerprint density at radius 3 is 2.14 bits per heavy atom. The Hall–Kier alpha value is -0.0800. The molecule has 0 bridgehead atoms. The van der Waals surface area contributed by atoms with E-state index in [-0.39, 0.29) is 0 Å². The molecule has 2 heteroatoms. The molecule has 0 saturated carbocycles. The van der Waals surface area contributed by atoms with Crippen molar-refractivity contribution < 1.29 is 0 Å². The molecule has 0 aromatic rings. The average Bonchev–Trinajstić information content (AvgIpc) is 2.65. The van der Waals surface area contributed by atoms with Crippen LogP contribution in [0, 0.1) is 17.8 Å². The van der Waals surface area contributed by atoms with Crippen molar-refractivity contribution in [3.63, 3.8) is 0 Å². The van der Waals surface area contributed by atoms with Gasteiger partial charge in [-0.1, -0.05) is 34.6 Å². The summed E-state index contributed by atoms with van der Waals surface area (Å²) in [6.45, 7) is 19.7. The van der Waals surface area contributed by atoms with Crippen LogP contribution in [0.4, 0.5) is 0 Å². The van der Waals surface area contributed by atoms with E-state index >= 15 is 0 Å². The van der Waals surface area contributed by atoms with E-state index in [1.54, 1.807) is 0 Å². The smallest absolute Gasteiger partial charge is 0.000654 e. The minimum atomic E-state index is 0.827. The van der Waals surface area contributed by atoms with Gasteiger partial charge in [0, 0.05) is 0 Å². The molecular weight excluding hydrogens is 268 g/mol. The predicted molar refractivity (Wildman–Crippen MR) is 99.4 cm³/mol. The van der Waals surface area contributed by atoms with Crippen LogP contribution in [-0.2, 0) is 0 Å². The molecular formula is C20H42N2. The highest BCUT2D eigenvalue weighted by atomic mass is 15.1. The first-order chi connectivity index (χ1) is 10.5. The molecule has 1 aliphatic rings. The van der Waals surface area contributed by atoms with Crippen molar-refractivity contribution in [2.75, 3.05) is 39.3 Å². The Bertz CT molecular complexity index is 250. The minimum Gasteiger partial charge on any atom is -0.303 e. The van der Waals surface area contributed by atoms with Crippen molar-refractivity contribution in [1.82, 2.24) is 9.80 Å². The van der Waals surface area contributed by atoms with Crippen LogP contribution >= 0.6 is 0 Å². The van der Waals surface area contributed by atoms with Crippen LogP contribution in [0.3, 0.4) is 0 Å². The zero-order valence-electron chi connectivity index (χ0n) is 16.1. The van der Waals surface area contributed by atoms with Crippen molar-refractivity contribution in [3.05, 3.63) is 0 Å². The first-order valence-corrected chi connectivity index (χ1v) is 9.92. The van der Waals surface area contributed by atoms with Gasteiger partial charge in [0.15, 0.2) is 0 Å². The number of nitrogens with zero attached hydrogens (tertiary/aromatic N) is 2. The molecule has 132 valence electrons. The highest BCUT2D eigenvalue weighted by Crippen LogP contribution is 2.16. The fourth-order valence-corrected chi connectivity index (χ4v) is 3.28. The summed E-state index contributed by atoms with van der Waals surface area (Å²) in [5, 5.41) is 0. The predicted octanol–water partition coefficient (Wildman–Crippen LogP) is 4.89. The molecule has 0 amide bonds. The molecule has 0 N–H and O–H groups in total. The van der Waals surface area contributed by atoms with Crippen LogP contribution in [0.15, 0.2) is 0 Å². The van der Waals surface area contributed by atoms with E-state index in [9.17, 15) is 0 Å². The van der Waals surface area contributed by atoms with Gasteiger partial charge < -0.3 is 9.80 Å².